The third kappa shape index (κ3) is 2.30. The first kappa shape index (κ1) is 12.5. The molecule has 0 heterocycles. The monoisotopic (exact) mass is 246 g/mol. The molecule has 0 aromatic heterocycles. The van der Waals surface area contributed by atoms with E-state index in [2.05, 4.69) is 25.2 Å². The quantitative estimate of drug-likeness (QED) is 0.826. The van der Waals surface area contributed by atoms with Gasteiger partial charge in [0.15, 0.2) is 0 Å². The van der Waals surface area contributed by atoms with E-state index in [-0.39, 0.29) is 6.04 Å². The lowest BCUT2D eigenvalue weighted by molar-refractivity contribution is -0.0162. The topological polar surface area (TPSA) is 35.8 Å². The summed E-state index contributed by atoms with van der Waals surface area (Å²) < 4.78 is 0. The van der Waals surface area contributed by atoms with Gasteiger partial charge < -0.3 is 0 Å². The zero-order valence-corrected chi connectivity index (χ0v) is 11.7. The van der Waals surface area contributed by atoms with Gasteiger partial charge in [-0.2, -0.15) is 5.26 Å². The lowest BCUT2D eigenvalue weighted by atomic mass is 9.54. The second-order valence-corrected chi connectivity index (χ2v) is 7.43. The summed E-state index contributed by atoms with van der Waals surface area (Å²) in [4.78, 5) is 0. The van der Waals surface area contributed by atoms with Crippen LogP contribution in [0.2, 0.25) is 0 Å². The zero-order valence-electron chi connectivity index (χ0n) is 11.7. The maximum atomic E-state index is 9.32. The molecule has 1 unspecified atom stereocenters. The van der Waals surface area contributed by atoms with Crippen LogP contribution in [-0.2, 0) is 0 Å². The van der Waals surface area contributed by atoms with Gasteiger partial charge >= 0.3 is 0 Å². The van der Waals surface area contributed by atoms with Gasteiger partial charge in [-0.25, -0.2) is 0 Å². The highest BCUT2D eigenvalue weighted by Crippen LogP contribution is 2.53. The van der Waals surface area contributed by atoms with Crippen molar-refractivity contribution in [3.8, 4) is 6.07 Å². The Morgan fingerprint density at radius 1 is 1.06 bits per heavy atom. The van der Waals surface area contributed by atoms with Crippen molar-refractivity contribution in [2.75, 3.05) is 0 Å². The number of hydrogen-bond donors (Lipinski definition) is 1. The number of nitrogens with one attached hydrogen (secondary N) is 1. The highest BCUT2D eigenvalue weighted by Gasteiger charge is 2.48. The smallest absolute Gasteiger partial charge is 0.0957 e. The summed E-state index contributed by atoms with van der Waals surface area (Å²) in [6.07, 6.45) is 8.25. The lowest BCUT2D eigenvalue weighted by Gasteiger charge is -2.55. The Morgan fingerprint density at radius 3 is 2.06 bits per heavy atom. The molecule has 0 aromatic carbocycles. The summed E-state index contributed by atoms with van der Waals surface area (Å²) in [5.41, 5.74) is 0. The van der Waals surface area contributed by atoms with Crippen LogP contribution < -0.4 is 5.32 Å². The first-order valence-corrected chi connectivity index (χ1v) is 7.81. The predicted octanol–water partition coefficient (Wildman–Crippen LogP) is 3.34. The third-order valence-corrected chi connectivity index (χ3v) is 5.48. The van der Waals surface area contributed by atoms with Crippen molar-refractivity contribution in [3.63, 3.8) is 0 Å². The van der Waals surface area contributed by atoms with Gasteiger partial charge in [0.2, 0.25) is 0 Å². The molecule has 4 bridgehead atoms. The lowest BCUT2D eigenvalue weighted by Crippen LogP contribution is -2.56. The molecule has 1 atom stereocenters. The van der Waals surface area contributed by atoms with Gasteiger partial charge in [0, 0.05) is 6.04 Å². The molecule has 0 aromatic rings. The zero-order chi connectivity index (χ0) is 12.7. The van der Waals surface area contributed by atoms with Gasteiger partial charge in [-0.1, -0.05) is 13.8 Å². The number of nitriles is 1. The Morgan fingerprint density at radius 2 is 1.61 bits per heavy atom. The molecule has 2 nitrogen and oxygen atoms in total. The van der Waals surface area contributed by atoms with Gasteiger partial charge in [-0.3, -0.25) is 5.32 Å². The Labute approximate surface area is 111 Å². The molecule has 4 saturated carbocycles. The normalized spacial score (nSPS) is 43.1. The van der Waals surface area contributed by atoms with Crippen molar-refractivity contribution in [3.05, 3.63) is 0 Å². The first-order chi connectivity index (χ1) is 8.65. The molecular formula is C16H26N2. The molecular weight excluding hydrogens is 220 g/mol. The van der Waals surface area contributed by atoms with Crippen LogP contribution in [-0.4, -0.2) is 12.1 Å². The van der Waals surface area contributed by atoms with E-state index in [1.54, 1.807) is 0 Å². The van der Waals surface area contributed by atoms with Crippen molar-refractivity contribution in [1.82, 2.24) is 5.32 Å². The minimum atomic E-state index is 0.0764. The molecule has 4 rings (SSSR count). The molecule has 4 fully saturated rings. The fraction of sp³-hybridized carbons (Fsp3) is 0.938. The summed E-state index contributed by atoms with van der Waals surface area (Å²) in [6, 6.07) is 3.21. The highest BCUT2D eigenvalue weighted by molar-refractivity contribution is 5.04. The molecule has 2 heteroatoms. The molecule has 0 saturated heterocycles. The fourth-order valence-corrected chi connectivity index (χ4v) is 5.06. The standard InChI is InChI=1S/C16H26N2/c1-10(2)3-15(9-17)18-16-13-5-11-4-12(7-13)8-14(16)6-11/h10-16,18H,3-8H2,1-2H3. The van der Waals surface area contributed by atoms with Crippen molar-refractivity contribution in [2.24, 2.45) is 29.6 Å². The van der Waals surface area contributed by atoms with Gasteiger partial charge in [-0.15, -0.1) is 0 Å². The van der Waals surface area contributed by atoms with Crippen LogP contribution in [0.1, 0.15) is 52.4 Å². The van der Waals surface area contributed by atoms with E-state index in [1.165, 1.54) is 32.1 Å². The van der Waals surface area contributed by atoms with Crippen LogP contribution >= 0.6 is 0 Å². The third-order valence-electron chi connectivity index (χ3n) is 5.48. The number of hydrogen-bond acceptors (Lipinski definition) is 2. The van der Waals surface area contributed by atoms with Gasteiger partial charge in [0.05, 0.1) is 12.1 Å². The SMILES string of the molecule is CC(C)CC(C#N)NC1C2CC3CC(C2)CC1C3. The van der Waals surface area contributed by atoms with Crippen molar-refractivity contribution in [2.45, 2.75) is 64.5 Å². The minimum absolute atomic E-state index is 0.0764. The number of rotatable bonds is 4. The predicted molar refractivity (Wildman–Crippen MR) is 72.8 cm³/mol. The average molecular weight is 246 g/mol. The summed E-state index contributed by atoms with van der Waals surface area (Å²) in [6.45, 7) is 4.42. The van der Waals surface area contributed by atoms with Crippen LogP contribution in [0.3, 0.4) is 0 Å². The Hall–Kier alpha value is -0.550. The molecule has 0 radical (unpaired) electrons. The summed E-state index contributed by atoms with van der Waals surface area (Å²) in [5.74, 6) is 4.42. The van der Waals surface area contributed by atoms with Crippen LogP contribution in [0, 0.1) is 40.9 Å². The second-order valence-electron chi connectivity index (χ2n) is 7.43. The van der Waals surface area contributed by atoms with E-state index in [1.807, 2.05) is 0 Å². The van der Waals surface area contributed by atoms with Crippen molar-refractivity contribution >= 4 is 0 Å². The van der Waals surface area contributed by atoms with Crippen LogP contribution in [0.5, 0.6) is 0 Å². The minimum Gasteiger partial charge on any atom is -0.299 e. The van der Waals surface area contributed by atoms with E-state index in [4.69, 9.17) is 0 Å². The average Bonchev–Trinajstić information content (AvgIpc) is 2.30. The van der Waals surface area contributed by atoms with E-state index in [0.717, 1.165) is 30.1 Å². The molecule has 1 N–H and O–H groups in total. The Kier molecular flexibility index (Phi) is 3.36. The van der Waals surface area contributed by atoms with Gasteiger partial charge in [-0.05, 0) is 68.1 Å². The van der Waals surface area contributed by atoms with Gasteiger partial charge in [0.25, 0.3) is 0 Å². The molecule has 0 aliphatic heterocycles. The fourth-order valence-electron chi connectivity index (χ4n) is 5.06. The van der Waals surface area contributed by atoms with Crippen molar-refractivity contribution < 1.29 is 0 Å². The Bertz CT molecular complexity index is 313. The van der Waals surface area contributed by atoms with E-state index in [9.17, 15) is 5.26 Å². The molecule has 0 amide bonds. The molecule has 4 aliphatic carbocycles. The Balaban J connectivity index is 1.64. The molecule has 0 spiro atoms. The highest BCUT2D eigenvalue weighted by atomic mass is 15.0. The first-order valence-electron chi connectivity index (χ1n) is 7.81. The number of nitrogens with zero attached hydrogens (tertiary/aromatic N) is 1. The van der Waals surface area contributed by atoms with E-state index < -0.39 is 0 Å². The van der Waals surface area contributed by atoms with E-state index in [0.29, 0.717) is 12.0 Å². The maximum absolute atomic E-state index is 9.32. The van der Waals surface area contributed by atoms with Gasteiger partial charge in [0.1, 0.15) is 0 Å². The van der Waals surface area contributed by atoms with Crippen LogP contribution in [0.4, 0.5) is 0 Å². The van der Waals surface area contributed by atoms with Crippen molar-refractivity contribution in [1.29, 1.82) is 5.26 Å². The molecule has 100 valence electrons. The van der Waals surface area contributed by atoms with Crippen LogP contribution in [0.15, 0.2) is 0 Å². The maximum Gasteiger partial charge on any atom is 0.0957 e. The van der Waals surface area contributed by atoms with E-state index >= 15 is 0 Å². The summed E-state index contributed by atoms with van der Waals surface area (Å²) in [7, 11) is 0. The summed E-state index contributed by atoms with van der Waals surface area (Å²) >= 11 is 0. The van der Waals surface area contributed by atoms with Crippen LogP contribution in [0.25, 0.3) is 0 Å². The molecule has 4 aliphatic rings. The summed E-state index contributed by atoms with van der Waals surface area (Å²) in [5, 5.41) is 13.0. The second kappa shape index (κ2) is 4.85. The largest absolute Gasteiger partial charge is 0.299 e. The molecule has 18 heavy (non-hydrogen) atoms.